The molecule has 1 saturated heterocycles. The van der Waals surface area contributed by atoms with E-state index in [1.807, 2.05) is 48.6 Å². The van der Waals surface area contributed by atoms with Crippen LogP contribution in [0.2, 0.25) is 0 Å². The SMILES string of the molecule is CC(C)N(Cc1cnn(C)c1)C(=O)C1CCN(c2ccc(C=O)cc2)CC1. The minimum absolute atomic E-state index is 0.0644. The van der Waals surface area contributed by atoms with E-state index in [1.165, 1.54) is 0 Å². The van der Waals surface area contributed by atoms with Crippen molar-refractivity contribution in [2.45, 2.75) is 39.3 Å². The third-order valence-electron chi connectivity index (χ3n) is 5.26. The molecule has 0 spiro atoms. The number of anilines is 1. The first-order valence-electron chi connectivity index (χ1n) is 9.56. The van der Waals surface area contributed by atoms with E-state index in [-0.39, 0.29) is 17.9 Å². The van der Waals surface area contributed by atoms with E-state index in [1.54, 1.807) is 4.68 Å². The van der Waals surface area contributed by atoms with Gasteiger partial charge in [0.25, 0.3) is 0 Å². The molecule has 1 amide bonds. The van der Waals surface area contributed by atoms with Crippen LogP contribution in [0, 0.1) is 5.92 Å². The molecule has 27 heavy (non-hydrogen) atoms. The minimum atomic E-state index is 0.0644. The maximum absolute atomic E-state index is 13.1. The summed E-state index contributed by atoms with van der Waals surface area (Å²) in [6.07, 6.45) is 6.36. The lowest BCUT2D eigenvalue weighted by Gasteiger charge is -2.36. The first kappa shape index (κ1) is 19.1. The van der Waals surface area contributed by atoms with Crippen LogP contribution in [0.1, 0.15) is 42.6 Å². The van der Waals surface area contributed by atoms with Crippen LogP contribution in [0.3, 0.4) is 0 Å². The van der Waals surface area contributed by atoms with Crippen molar-refractivity contribution < 1.29 is 9.59 Å². The average Bonchev–Trinajstić information content (AvgIpc) is 3.10. The summed E-state index contributed by atoms with van der Waals surface area (Å²) in [7, 11) is 1.89. The highest BCUT2D eigenvalue weighted by Crippen LogP contribution is 2.26. The summed E-state index contributed by atoms with van der Waals surface area (Å²) >= 11 is 0. The smallest absolute Gasteiger partial charge is 0.226 e. The number of carbonyl (C=O) groups excluding carboxylic acids is 2. The summed E-state index contributed by atoms with van der Waals surface area (Å²) in [4.78, 5) is 28.2. The largest absolute Gasteiger partial charge is 0.371 e. The van der Waals surface area contributed by atoms with Crippen LogP contribution in [-0.2, 0) is 18.4 Å². The number of nitrogens with zero attached hydrogens (tertiary/aromatic N) is 4. The van der Waals surface area contributed by atoms with Crippen LogP contribution < -0.4 is 4.90 Å². The van der Waals surface area contributed by atoms with E-state index in [0.29, 0.717) is 12.1 Å². The number of carbonyl (C=O) groups is 2. The molecule has 0 atom stereocenters. The van der Waals surface area contributed by atoms with Gasteiger partial charge in [-0.25, -0.2) is 0 Å². The highest BCUT2D eigenvalue weighted by atomic mass is 16.2. The molecule has 1 aliphatic rings. The number of hydrogen-bond acceptors (Lipinski definition) is 4. The molecular weight excluding hydrogens is 340 g/mol. The topological polar surface area (TPSA) is 58.4 Å². The molecule has 3 rings (SSSR count). The molecule has 0 N–H and O–H groups in total. The standard InChI is InChI=1S/C21H28N4O2/c1-16(2)25(14-18-12-22-23(3)13-18)21(27)19-8-10-24(11-9-19)20-6-4-17(15-26)5-7-20/h4-7,12-13,15-16,19H,8-11,14H2,1-3H3. The maximum atomic E-state index is 13.1. The number of benzene rings is 1. The molecule has 0 radical (unpaired) electrons. The molecule has 6 heteroatoms. The molecule has 1 aliphatic heterocycles. The molecule has 0 aliphatic carbocycles. The van der Waals surface area contributed by atoms with Gasteiger partial charge in [-0.15, -0.1) is 0 Å². The quantitative estimate of drug-likeness (QED) is 0.736. The lowest BCUT2D eigenvalue weighted by atomic mass is 9.94. The van der Waals surface area contributed by atoms with E-state index >= 15 is 0 Å². The highest BCUT2D eigenvalue weighted by molar-refractivity contribution is 5.79. The number of piperidine rings is 1. The van der Waals surface area contributed by atoms with Crippen molar-refractivity contribution in [1.82, 2.24) is 14.7 Å². The van der Waals surface area contributed by atoms with Crippen LogP contribution in [0.4, 0.5) is 5.69 Å². The number of rotatable bonds is 6. The molecular formula is C21H28N4O2. The highest BCUT2D eigenvalue weighted by Gasteiger charge is 2.30. The van der Waals surface area contributed by atoms with Gasteiger partial charge in [-0.05, 0) is 51.0 Å². The summed E-state index contributed by atoms with van der Waals surface area (Å²) in [6, 6.07) is 7.80. The minimum Gasteiger partial charge on any atom is -0.371 e. The van der Waals surface area contributed by atoms with Gasteiger partial charge < -0.3 is 9.80 Å². The zero-order valence-corrected chi connectivity index (χ0v) is 16.3. The Labute approximate surface area is 160 Å². The summed E-state index contributed by atoms with van der Waals surface area (Å²) in [6.45, 7) is 6.46. The normalized spacial score (nSPS) is 15.2. The van der Waals surface area contributed by atoms with Gasteiger partial charge in [0.2, 0.25) is 5.91 Å². The first-order chi connectivity index (χ1) is 13.0. The van der Waals surface area contributed by atoms with Gasteiger partial charge in [-0.3, -0.25) is 14.3 Å². The molecule has 144 valence electrons. The van der Waals surface area contributed by atoms with Crippen molar-refractivity contribution in [2.24, 2.45) is 13.0 Å². The summed E-state index contributed by atoms with van der Waals surface area (Å²) in [5.41, 5.74) is 2.86. The molecule has 6 nitrogen and oxygen atoms in total. The zero-order valence-electron chi connectivity index (χ0n) is 16.3. The molecule has 0 saturated carbocycles. The van der Waals surface area contributed by atoms with Crippen LogP contribution in [-0.4, -0.2) is 46.0 Å². The van der Waals surface area contributed by atoms with Crippen LogP contribution >= 0.6 is 0 Å². The monoisotopic (exact) mass is 368 g/mol. The maximum Gasteiger partial charge on any atom is 0.226 e. The molecule has 0 unspecified atom stereocenters. The van der Waals surface area contributed by atoms with Crippen LogP contribution in [0.15, 0.2) is 36.7 Å². The summed E-state index contributed by atoms with van der Waals surface area (Å²) in [5, 5.41) is 4.21. The molecule has 0 bridgehead atoms. The Bertz CT molecular complexity index is 774. The Morgan fingerprint density at radius 2 is 1.93 bits per heavy atom. The summed E-state index contributed by atoms with van der Waals surface area (Å²) in [5.74, 6) is 0.305. The van der Waals surface area contributed by atoms with E-state index < -0.39 is 0 Å². The van der Waals surface area contributed by atoms with Gasteiger partial charge in [0, 0.05) is 61.7 Å². The van der Waals surface area contributed by atoms with Gasteiger partial charge in [-0.1, -0.05) is 0 Å². The Hall–Kier alpha value is -2.63. The second kappa shape index (κ2) is 8.37. The van der Waals surface area contributed by atoms with Gasteiger partial charge in [-0.2, -0.15) is 5.10 Å². The Kier molecular flexibility index (Phi) is 5.94. The van der Waals surface area contributed by atoms with Crippen molar-refractivity contribution in [3.05, 3.63) is 47.8 Å². The van der Waals surface area contributed by atoms with Crippen molar-refractivity contribution in [3.8, 4) is 0 Å². The molecule has 1 fully saturated rings. The molecule has 2 heterocycles. The number of amides is 1. The third-order valence-corrected chi connectivity index (χ3v) is 5.26. The van der Waals surface area contributed by atoms with Crippen LogP contribution in [0.25, 0.3) is 0 Å². The Morgan fingerprint density at radius 1 is 1.26 bits per heavy atom. The third kappa shape index (κ3) is 4.56. The molecule has 1 aromatic heterocycles. The summed E-state index contributed by atoms with van der Waals surface area (Å²) < 4.78 is 1.77. The predicted molar refractivity (Wildman–Crippen MR) is 106 cm³/mol. The number of aldehydes is 1. The van der Waals surface area contributed by atoms with Gasteiger partial charge in [0.15, 0.2) is 0 Å². The predicted octanol–water partition coefficient (Wildman–Crippen LogP) is 2.89. The number of aromatic nitrogens is 2. The van der Waals surface area contributed by atoms with Crippen LogP contribution in [0.5, 0.6) is 0 Å². The fourth-order valence-corrected chi connectivity index (χ4v) is 3.65. The van der Waals surface area contributed by atoms with Gasteiger partial charge in [0.1, 0.15) is 6.29 Å². The van der Waals surface area contributed by atoms with E-state index in [4.69, 9.17) is 0 Å². The van der Waals surface area contributed by atoms with Crippen molar-refractivity contribution >= 4 is 17.9 Å². The lowest BCUT2D eigenvalue weighted by Crippen LogP contribution is -2.44. The first-order valence-corrected chi connectivity index (χ1v) is 9.56. The van der Waals surface area contributed by atoms with Crippen molar-refractivity contribution in [3.63, 3.8) is 0 Å². The fourth-order valence-electron chi connectivity index (χ4n) is 3.65. The Balaban J connectivity index is 1.60. The van der Waals surface area contributed by atoms with Crippen molar-refractivity contribution in [2.75, 3.05) is 18.0 Å². The fraction of sp³-hybridized carbons (Fsp3) is 0.476. The van der Waals surface area contributed by atoms with E-state index in [9.17, 15) is 9.59 Å². The average molecular weight is 368 g/mol. The molecule has 2 aromatic rings. The van der Waals surface area contributed by atoms with E-state index in [0.717, 1.165) is 43.5 Å². The van der Waals surface area contributed by atoms with Crippen molar-refractivity contribution in [1.29, 1.82) is 0 Å². The lowest BCUT2D eigenvalue weighted by molar-refractivity contribution is -0.138. The number of hydrogen-bond donors (Lipinski definition) is 0. The second-order valence-electron chi connectivity index (χ2n) is 7.55. The molecule has 1 aromatic carbocycles. The van der Waals surface area contributed by atoms with Gasteiger partial charge in [0.05, 0.1) is 6.20 Å². The Morgan fingerprint density at radius 3 is 2.44 bits per heavy atom. The zero-order chi connectivity index (χ0) is 19.4. The van der Waals surface area contributed by atoms with Gasteiger partial charge >= 0.3 is 0 Å². The second-order valence-corrected chi connectivity index (χ2v) is 7.55. The number of aryl methyl sites for hydroxylation is 1. The van der Waals surface area contributed by atoms with E-state index in [2.05, 4.69) is 23.8 Å².